The lowest BCUT2D eigenvalue weighted by atomic mass is 9.99. The lowest BCUT2D eigenvalue weighted by Gasteiger charge is -2.31. The molecule has 0 saturated carbocycles. The molecule has 2 rings (SSSR count). The van der Waals surface area contributed by atoms with Crippen molar-refractivity contribution in [2.24, 2.45) is 5.92 Å². The first-order valence-corrected chi connectivity index (χ1v) is 10.0. The quantitative estimate of drug-likeness (QED) is 0.665. The van der Waals surface area contributed by atoms with Crippen LogP contribution in [0.2, 0.25) is 0 Å². The molecule has 25 heavy (non-hydrogen) atoms. The van der Waals surface area contributed by atoms with E-state index < -0.39 is 10.0 Å². The number of hydrogen-bond acceptors (Lipinski definition) is 5. The molecular weight excluding hydrogens is 344 g/mol. The average Bonchev–Trinajstić information content (AvgIpc) is 2.63. The molecule has 1 amide bonds. The lowest BCUT2D eigenvalue weighted by molar-refractivity contribution is -0.126. The minimum Gasteiger partial charge on any atom is -0.494 e. The van der Waals surface area contributed by atoms with Gasteiger partial charge >= 0.3 is 0 Å². The number of piperidine rings is 1. The Morgan fingerprint density at radius 3 is 2.72 bits per heavy atom. The van der Waals surface area contributed by atoms with Crippen molar-refractivity contribution in [2.45, 2.75) is 31.1 Å². The fourth-order valence-corrected chi connectivity index (χ4v) is 4.36. The minimum absolute atomic E-state index is 0.0171. The van der Waals surface area contributed by atoms with Gasteiger partial charge in [-0.1, -0.05) is 0 Å². The van der Waals surface area contributed by atoms with Crippen molar-refractivity contribution >= 4 is 15.9 Å². The van der Waals surface area contributed by atoms with Crippen LogP contribution in [-0.4, -0.2) is 56.6 Å². The summed E-state index contributed by atoms with van der Waals surface area (Å²) in [5.41, 5.74) is 0. The van der Waals surface area contributed by atoms with Gasteiger partial charge in [0, 0.05) is 26.2 Å². The fourth-order valence-electron chi connectivity index (χ4n) is 2.83. The van der Waals surface area contributed by atoms with Gasteiger partial charge in [-0.05, 0) is 50.5 Å². The van der Waals surface area contributed by atoms with Crippen molar-refractivity contribution < 1.29 is 23.1 Å². The zero-order valence-corrected chi connectivity index (χ0v) is 15.3. The van der Waals surface area contributed by atoms with E-state index in [1.807, 2.05) is 6.92 Å². The van der Waals surface area contributed by atoms with Crippen molar-refractivity contribution in [1.82, 2.24) is 9.62 Å². The summed E-state index contributed by atoms with van der Waals surface area (Å²) in [4.78, 5) is 12.4. The number of aliphatic hydroxyl groups excluding tert-OH is 1. The molecule has 0 unspecified atom stereocenters. The summed E-state index contributed by atoms with van der Waals surface area (Å²) in [5, 5.41) is 11.5. The topological polar surface area (TPSA) is 95.9 Å². The van der Waals surface area contributed by atoms with Crippen LogP contribution < -0.4 is 10.1 Å². The number of benzene rings is 1. The second kappa shape index (κ2) is 9.17. The maximum Gasteiger partial charge on any atom is 0.243 e. The number of sulfonamides is 1. The number of nitrogens with one attached hydrogen (secondary N) is 1. The summed E-state index contributed by atoms with van der Waals surface area (Å²) in [6.07, 6.45) is 1.81. The van der Waals surface area contributed by atoms with E-state index in [-0.39, 0.29) is 29.9 Å². The molecular formula is C17H26N2O5S. The highest BCUT2D eigenvalue weighted by Crippen LogP contribution is 2.25. The monoisotopic (exact) mass is 370 g/mol. The van der Waals surface area contributed by atoms with Crippen LogP contribution >= 0.6 is 0 Å². The zero-order chi connectivity index (χ0) is 18.3. The molecule has 2 N–H and O–H groups in total. The molecule has 0 spiro atoms. The number of rotatable bonds is 8. The molecule has 1 atom stereocenters. The second-order valence-corrected chi connectivity index (χ2v) is 7.91. The smallest absolute Gasteiger partial charge is 0.243 e. The molecule has 1 aliphatic heterocycles. The number of aliphatic hydroxyl groups is 1. The molecule has 1 aliphatic rings. The average molecular weight is 370 g/mol. The number of nitrogens with zero attached hydrogens (tertiary/aromatic N) is 1. The van der Waals surface area contributed by atoms with E-state index in [4.69, 9.17) is 9.84 Å². The third kappa shape index (κ3) is 5.17. The summed E-state index contributed by atoms with van der Waals surface area (Å²) in [6, 6.07) is 6.34. The number of amides is 1. The van der Waals surface area contributed by atoms with Gasteiger partial charge in [-0.3, -0.25) is 4.79 Å². The Labute approximate surface area is 149 Å². The van der Waals surface area contributed by atoms with Crippen molar-refractivity contribution in [3.05, 3.63) is 24.3 Å². The van der Waals surface area contributed by atoms with E-state index in [1.165, 1.54) is 16.4 Å². The van der Waals surface area contributed by atoms with Gasteiger partial charge in [0.2, 0.25) is 15.9 Å². The number of hydrogen-bond donors (Lipinski definition) is 2. The van der Waals surface area contributed by atoms with Crippen LogP contribution in [-0.2, 0) is 14.8 Å². The van der Waals surface area contributed by atoms with Crippen molar-refractivity contribution in [1.29, 1.82) is 0 Å². The standard InChI is InChI=1S/C17H26N2O5S/c1-2-24-15-6-8-16(9-7-15)25(22,23)19-11-3-5-14(13-19)17(21)18-10-4-12-20/h6-9,14,20H,2-5,10-13H2,1H3,(H,18,21)/t14-/m1/s1. The van der Waals surface area contributed by atoms with Crippen LogP contribution in [0.3, 0.4) is 0 Å². The lowest BCUT2D eigenvalue weighted by Crippen LogP contribution is -2.45. The third-order valence-corrected chi connectivity index (χ3v) is 6.04. The third-order valence-electron chi connectivity index (χ3n) is 4.16. The molecule has 140 valence electrons. The summed E-state index contributed by atoms with van der Waals surface area (Å²) in [5.74, 6) is 0.117. The maximum atomic E-state index is 12.8. The summed E-state index contributed by atoms with van der Waals surface area (Å²) in [6.45, 7) is 3.40. The Morgan fingerprint density at radius 1 is 1.36 bits per heavy atom. The largest absolute Gasteiger partial charge is 0.494 e. The van der Waals surface area contributed by atoms with Crippen LogP contribution in [0.15, 0.2) is 29.2 Å². The highest BCUT2D eigenvalue weighted by Gasteiger charge is 2.33. The van der Waals surface area contributed by atoms with Gasteiger partial charge in [0.15, 0.2) is 0 Å². The SMILES string of the molecule is CCOc1ccc(S(=O)(=O)N2CCC[C@@H](C(=O)NCCCO)C2)cc1. The molecule has 1 aromatic carbocycles. The van der Waals surface area contributed by atoms with Crippen LogP contribution in [0.1, 0.15) is 26.2 Å². The second-order valence-electron chi connectivity index (χ2n) is 5.97. The number of ether oxygens (including phenoxy) is 1. The molecule has 7 nitrogen and oxygen atoms in total. The van der Waals surface area contributed by atoms with Crippen LogP contribution in [0.25, 0.3) is 0 Å². The first-order valence-electron chi connectivity index (χ1n) is 8.60. The van der Waals surface area contributed by atoms with Gasteiger partial charge in [0.1, 0.15) is 5.75 Å². The molecule has 1 saturated heterocycles. The van der Waals surface area contributed by atoms with Gasteiger partial charge in [0.05, 0.1) is 17.4 Å². The number of carbonyl (C=O) groups excluding carboxylic acids is 1. The van der Waals surface area contributed by atoms with Gasteiger partial charge in [-0.15, -0.1) is 0 Å². The van der Waals surface area contributed by atoms with Gasteiger partial charge in [-0.2, -0.15) is 4.31 Å². The van der Waals surface area contributed by atoms with E-state index in [2.05, 4.69) is 5.32 Å². The molecule has 0 aromatic heterocycles. The van der Waals surface area contributed by atoms with E-state index >= 15 is 0 Å². The highest BCUT2D eigenvalue weighted by atomic mass is 32.2. The van der Waals surface area contributed by atoms with Gasteiger partial charge < -0.3 is 15.2 Å². The van der Waals surface area contributed by atoms with Gasteiger partial charge in [0.25, 0.3) is 0 Å². The van der Waals surface area contributed by atoms with Crippen LogP contribution in [0, 0.1) is 5.92 Å². The number of carbonyl (C=O) groups is 1. The highest BCUT2D eigenvalue weighted by molar-refractivity contribution is 7.89. The Hall–Kier alpha value is -1.64. The Balaban J connectivity index is 2.04. The van der Waals surface area contributed by atoms with E-state index in [9.17, 15) is 13.2 Å². The molecule has 8 heteroatoms. The Morgan fingerprint density at radius 2 is 2.08 bits per heavy atom. The minimum atomic E-state index is -3.63. The van der Waals surface area contributed by atoms with E-state index in [0.717, 1.165) is 0 Å². The predicted octanol–water partition coefficient (Wildman–Crippen LogP) is 0.985. The van der Waals surface area contributed by atoms with Crippen molar-refractivity contribution in [3.63, 3.8) is 0 Å². The fraction of sp³-hybridized carbons (Fsp3) is 0.588. The van der Waals surface area contributed by atoms with Crippen molar-refractivity contribution in [2.75, 3.05) is 32.8 Å². The first-order chi connectivity index (χ1) is 12.0. The molecule has 1 fully saturated rings. The van der Waals surface area contributed by atoms with Crippen molar-refractivity contribution in [3.8, 4) is 5.75 Å². The molecule has 1 aromatic rings. The normalized spacial score (nSPS) is 18.7. The predicted molar refractivity (Wildman–Crippen MR) is 93.8 cm³/mol. The first kappa shape index (κ1) is 19.7. The van der Waals surface area contributed by atoms with E-state index in [0.29, 0.717) is 44.7 Å². The Kier molecular flexibility index (Phi) is 7.22. The summed E-state index contributed by atoms with van der Waals surface area (Å²) >= 11 is 0. The summed E-state index contributed by atoms with van der Waals surface area (Å²) < 4.78 is 32.3. The molecule has 0 radical (unpaired) electrons. The molecule has 0 bridgehead atoms. The zero-order valence-electron chi connectivity index (χ0n) is 14.5. The molecule has 1 heterocycles. The summed E-state index contributed by atoms with van der Waals surface area (Å²) in [7, 11) is -3.63. The maximum absolute atomic E-state index is 12.8. The van der Waals surface area contributed by atoms with Crippen LogP contribution in [0.5, 0.6) is 5.75 Å². The van der Waals surface area contributed by atoms with Crippen LogP contribution in [0.4, 0.5) is 0 Å². The Bertz CT molecular complexity index is 660. The van der Waals surface area contributed by atoms with Gasteiger partial charge in [-0.25, -0.2) is 8.42 Å². The van der Waals surface area contributed by atoms with E-state index in [1.54, 1.807) is 12.1 Å². The molecule has 0 aliphatic carbocycles.